The SMILES string of the molecule is CNC1CCN(c2ccnc(N[C@H](C)C3CCCCC3)c2)C1. The van der Waals surface area contributed by atoms with Crippen LogP contribution in [0, 0.1) is 5.92 Å². The second-order valence-corrected chi connectivity index (χ2v) is 6.95. The lowest BCUT2D eigenvalue weighted by molar-refractivity contribution is 0.328. The van der Waals surface area contributed by atoms with E-state index in [0.717, 1.165) is 24.8 Å². The van der Waals surface area contributed by atoms with Crippen molar-refractivity contribution in [2.75, 3.05) is 30.4 Å². The number of likely N-dealkylation sites (N-methyl/N-ethyl adjacent to an activating group) is 1. The van der Waals surface area contributed by atoms with Gasteiger partial charge in [-0.1, -0.05) is 19.3 Å². The minimum atomic E-state index is 0.520. The number of anilines is 2. The Labute approximate surface area is 134 Å². The van der Waals surface area contributed by atoms with Gasteiger partial charge >= 0.3 is 0 Å². The van der Waals surface area contributed by atoms with Crippen molar-refractivity contribution in [3.05, 3.63) is 18.3 Å². The molecule has 2 N–H and O–H groups in total. The van der Waals surface area contributed by atoms with E-state index in [-0.39, 0.29) is 0 Å². The summed E-state index contributed by atoms with van der Waals surface area (Å²) < 4.78 is 0. The summed E-state index contributed by atoms with van der Waals surface area (Å²) in [5, 5.41) is 7.03. The second kappa shape index (κ2) is 7.32. The van der Waals surface area contributed by atoms with Crippen LogP contribution < -0.4 is 15.5 Å². The molecule has 0 amide bonds. The van der Waals surface area contributed by atoms with Gasteiger partial charge in [0.25, 0.3) is 0 Å². The molecule has 2 fully saturated rings. The molecular weight excluding hydrogens is 272 g/mol. The minimum Gasteiger partial charge on any atom is -0.370 e. The van der Waals surface area contributed by atoms with E-state index in [0.29, 0.717) is 12.1 Å². The van der Waals surface area contributed by atoms with E-state index < -0.39 is 0 Å². The highest BCUT2D eigenvalue weighted by atomic mass is 15.2. The largest absolute Gasteiger partial charge is 0.370 e. The highest BCUT2D eigenvalue weighted by molar-refractivity contribution is 5.55. The number of hydrogen-bond donors (Lipinski definition) is 2. The average Bonchev–Trinajstić information content (AvgIpc) is 3.05. The van der Waals surface area contributed by atoms with Crippen LogP contribution in [0.25, 0.3) is 0 Å². The fourth-order valence-corrected chi connectivity index (χ4v) is 3.91. The molecule has 4 nitrogen and oxygen atoms in total. The lowest BCUT2D eigenvalue weighted by Gasteiger charge is -2.29. The Hall–Kier alpha value is -1.29. The van der Waals surface area contributed by atoms with E-state index in [1.807, 2.05) is 6.20 Å². The Bertz CT molecular complexity index is 470. The number of pyridine rings is 1. The van der Waals surface area contributed by atoms with Crippen molar-refractivity contribution in [2.45, 2.75) is 57.5 Å². The van der Waals surface area contributed by atoms with Gasteiger partial charge in [-0.3, -0.25) is 0 Å². The highest BCUT2D eigenvalue weighted by Gasteiger charge is 2.23. The fourth-order valence-electron chi connectivity index (χ4n) is 3.91. The lowest BCUT2D eigenvalue weighted by Crippen LogP contribution is -2.30. The molecule has 1 aromatic rings. The van der Waals surface area contributed by atoms with E-state index in [4.69, 9.17) is 0 Å². The Balaban J connectivity index is 1.61. The molecule has 1 unspecified atom stereocenters. The summed E-state index contributed by atoms with van der Waals surface area (Å²) in [6.45, 7) is 4.54. The van der Waals surface area contributed by atoms with Crippen LogP contribution in [-0.4, -0.2) is 37.2 Å². The maximum Gasteiger partial charge on any atom is 0.128 e. The number of aromatic nitrogens is 1. The van der Waals surface area contributed by atoms with Crippen molar-refractivity contribution >= 4 is 11.5 Å². The Kier molecular flexibility index (Phi) is 5.19. The first-order valence-electron chi connectivity index (χ1n) is 8.91. The molecule has 2 heterocycles. The third-order valence-electron chi connectivity index (χ3n) is 5.44. The normalized spacial score (nSPS) is 24.5. The Morgan fingerprint density at radius 1 is 1.23 bits per heavy atom. The highest BCUT2D eigenvalue weighted by Crippen LogP contribution is 2.28. The van der Waals surface area contributed by atoms with Crippen LogP contribution in [0.3, 0.4) is 0 Å². The maximum absolute atomic E-state index is 4.53. The van der Waals surface area contributed by atoms with Crippen molar-refractivity contribution in [1.29, 1.82) is 0 Å². The fraction of sp³-hybridized carbons (Fsp3) is 0.722. The Morgan fingerprint density at radius 2 is 2.05 bits per heavy atom. The summed E-state index contributed by atoms with van der Waals surface area (Å²) in [5.41, 5.74) is 1.30. The number of nitrogens with zero attached hydrogens (tertiary/aromatic N) is 2. The number of rotatable bonds is 5. The lowest BCUT2D eigenvalue weighted by atomic mass is 9.84. The van der Waals surface area contributed by atoms with E-state index >= 15 is 0 Å². The third-order valence-corrected chi connectivity index (χ3v) is 5.44. The van der Waals surface area contributed by atoms with Crippen molar-refractivity contribution in [3.8, 4) is 0 Å². The van der Waals surface area contributed by atoms with E-state index in [1.165, 1.54) is 44.2 Å². The molecule has 3 rings (SSSR count). The van der Waals surface area contributed by atoms with Gasteiger partial charge in [0.2, 0.25) is 0 Å². The molecule has 1 aromatic heterocycles. The quantitative estimate of drug-likeness (QED) is 0.876. The number of hydrogen-bond acceptors (Lipinski definition) is 4. The van der Waals surface area contributed by atoms with Crippen LogP contribution in [0.15, 0.2) is 18.3 Å². The molecule has 1 aliphatic carbocycles. The van der Waals surface area contributed by atoms with Gasteiger partial charge in [0.05, 0.1) is 0 Å². The zero-order valence-electron chi connectivity index (χ0n) is 14.0. The minimum absolute atomic E-state index is 0.520. The van der Waals surface area contributed by atoms with Gasteiger partial charge < -0.3 is 15.5 Å². The van der Waals surface area contributed by atoms with Gasteiger partial charge in [-0.25, -0.2) is 4.98 Å². The molecule has 2 atom stereocenters. The summed E-state index contributed by atoms with van der Waals surface area (Å²) in [6.07, 6.45) is 10.1. The molecule has 2 aliphatic rings. The molecule has 0 aromatic carbocycles. The van der Waals surface area contributed by atoms with Gasteiger partial charge in [-0.05, 0) is 45.2 Å². The predicted octanol–water partition coefficient (Wildman–Crippen LogP) is 3.26. The zero-order chi connectivity index (χ0) is 15.4. The van der Waals surface area contributed by atoms with Gasteiger partial charge in [0.1, 0.15) is 5.82 Å². The average molecular weight is 302 g/mol. The third kappa shape index (κ3) is 3.72. The predicted molar refractivity (Wildman–Crippen MR) is 93.6 cm³/mol. The van der Waals surface area contributed by atoms with Crippen LogP contribution in [0.2, 0.25) is 0 Å². The molecular formula is C18H30N4. The van der Waals surface area contributed by atoms with Crippen molar-refractivity contribution < 1.29 is 0 Å². The molecule has 0 bridgehead atoms. The summed E-state index contributed by atoms with van der Waals surface area (Å²) in [4.78, 5) is 6.99. The molecule has 1 saturated carbocycles. The first kappa shape index (κ1) is 15.6. The van der Waals surface area contributed by atoms with E-state index in [1.54, 1.807) is 0 Å². The maximum atomic E-state index is 4.53. The van der Waals surface area contributed by atoms with Gasteiger partial charge in [-0.15, -0.1) is 0 Å². The summed E-state index contributed by atoms with van der Waals surface area (Å²) >= 11 is 0. The van der Waals surface area contributed by atoms with Crippen molar-refractivity contribution in [2.24, 2.45) is 5.92 Å². The molecule has 0 spiro atoms. The summed E-state index contributed by atoms with van der Waals surface area (Å²) in [5.74, 6) is 1.84. The van der Waals surface area contributed by atoms with Crippen molar-refractivity contribution in [1.82, 2.24) is 10.3 Å². The Morgan fingerprint density at radius 3 is 2.77 bits per heavy atom. The van der Waals surface area contributed by atoms with Gasteiger partial charge in [-0.2, -0.15) is 0 Å². The molecule has 1 saturated heterocycles. The zero-order valence-corrected chi connectivity index (χ0v) is 14.0. The van der Waals surface area contributed by atoms with Crippen LogP contribution in [0.1, 0.15) is 45.4 Å². The van der Waals surface area contributed by atoms with E-state index in [2.05, 4.69) is 46.6 Å². The molecule has 4 heteroatoms. The first-order chi connectivity index (χ1) is 10.8. The first-order valence-corrected chi connectivity index (χ1v) is 8.91. The molecule has 0 radical (unpaired) electrons. The summed E-state index contributed by atoms with van der Waals surface area (Å²) in [7, 11) is 2.06. The van der Waals surface area contributed by atoms with Crippen LogP contribution in [0.5, 0.6) is 0 Å². The van der Waals surface area contributed by atoms with Gasteiger partial charge in [0, 0.05) is 43.1 Å². The van der Waals surface area contributed by atoms with Crippen LogP contribution >= 0.6 is 0 Å². The topological polar surface area (TPSA) is 40.2 Å². The van der Waals surface area contributed by atoms with Crippen LogP contribution in [0.4, 0.5) is 11.5 Å². The molecule has 22 heavy (non-hydrogen) atoms. The second-order valence-electron chi connectivity index (χ2n) is 6.95. The van der Waals surface area contributed by atoms with Gasteiger partial charge in [0.15, 0.2) is 0 Å². The molecule has 122 valence electrons. The van der Waals surface area contributed by atoms with E-state index in [9.17, 15) is 0 Å². The monoisotopic (exact) mass is 302 g/mol. The summed E-state index contributed by atoms with van der Waals surface area (Å²) in [6, 6.07) is 5.49. The smallest absolute Gasteiger partial charge is 0.128 e. The standard InChI is InChI=1S/C18H30N4/c1-14(15-6-4-3-5-7-15)21-18-12-17(8-10-20-18)22-11-9-16(13-22)19-2/h8,10,12,14-16,19H,3-7,9,11,13H2,1-2H3,(H,20,21)/t14-,16?/m1/s1. The van der Waals surface area contributed by atoms with Crippen LogP contribution in [-0.2, 0) is 0 Å². The van der Waals surface area contributed by atoms with Crippen molar-refractivity contribution in [3.63, 3.8) is 0 Å². The molecule has 1 aliphatic heterocycles. The number of nitrogens with one attached hydrogen (secondary N) is 2.